The van der Waals surface area contributed by atoms with E-state index < -0.39 is 23.9 Å². The molecule has 1 N–H and O–H groups in total. The minimum absolute atomic E-state index is 0.107. The lowest BCUT2D eigenvalue weighted by molar-refractivity contribution is -0.141. The van der Waals surface area contributed by atoms with Gasteiger partial charge in [-0.3, -0.25) is 9.59 Å². The molecule has 2 atom stereocenters. The van der Waals surface area contributed by atoms with Gasteiger partial charge in [0.2, 0.25) is 5.91 Å². The fraction of sp³-hybridized carbons (Fsp3) is 0.381. The van der Waals surface area contributed by atoms with E-state index >= 15 is 0 Å². The molecule has 0 fully saturated rings. The number of hydrogen-bond donors (Lipinski definition) is 1. The number of aliphatic hydroxyl groups excluding tert-OH is 1. The Morgan fingerprint density at radius 2 is 1.96 bits per heavy atom. The first-order chi connectivity index (χ1) is 12.8. The van der Waals surface area contributed by atoms with E-state index in [1.54, 1.807) is 6.20 Å². The molecule has 3 rings (SSSR count). The summed E-state index contributed by atoms with van der Waals surface area (Å²) in [5.41, 5.74) is 1.45. The van der Waals surface area contributed by atoms with E-state index in [1.807, 2.05) is 44.2 Å². The van der Waals surface area contributed by atoms with Crippen LogP contribution in [0.4, 0.5) is 0 Å². The summed E-state index contributed by atoms with van der Waals surface area (Å²) in [7, 11) is 0. The highest BCUT2D eigenvalue weighted by Gasteiger charge is 2.40. The van der Waals surface area contributed by atoms with Crippen molar-refractivity contribution in [3.63, 3.8) is 0 Å². The van der Waals surface area contributed by atoms with Gasteiger partial charge in [-0.15, -0.1) is 0 Å². The zero-order valence-electron chi connectivity index (χ0n) is 15.6. The third-order valence-corrected chi connectivity index (χ3v) is 4.83. The molecule has 1 aromatic rings. The van der Waals surface area contributed by atoms with Crippen molar-refractivity contribution in [2.45, 2.75) is 45.8 Å². The highest BCUT2D eigenvalue weighted by molar-refractivity contribution is 6.19. The molecule has 6 heteroatoms. The third kappa shape index (κ3) is 3.65. The molecule has 0 saturated heterocycles. The Bertz CT molecular complexity index is 852. The smallest absolute Gasteiger partial charge is 0.346 e. The highest BCUT2D eigenvalue weighted by Crippen LogP contribution is 2.35. The van der Waals surface area contributed by atoms with Gasteiger partial charge in [0.1, 0.15) is 5.57 Å². The molecule has 0 bridgehead atoms. The average Bonchev–Trinajstić information content (AvgIpc) is 2.87. The van der Waals surface area contributed by atoms with E-state index in [4.69, 9.17) is 4.74 Å². The first kappa shape index (κ1) is 18.9. The van der Waals surface area contributed by atoms with Gasteiger partial charge in [0.15, 0.2) is 17.6 Å². The Balaban J connectivity index is 1.89. The summed E-state index contributed by atoms with van der Waals surface area (Å²) in [6, 6.07) is 6.95. The van der Waals surface area contributed by atoms with E-state index in [-0.39, 0.29) is 29.6 Å². The number of cyclic esters (lactones) is 1. The fourth-order valence-corrected chi connectivity index (χ4v) is 3.54. The first-order valence-corrected chi connectivity index (χ1v) is 9.03. The molecule has 1 amide bonds. The molecule has 27 heavy (non-hydrogen) atoms. The molecule has 0 aromatic heterocycles. The van der Waals surface area contributed by atoms with Gasteiger partial charge in [-0.05, 0) is 29.5 Å². The van der Waals surface area contributed by atoms with Crippen molar-refractivity contribution in [2.75, 3.05) is 0 Å². The average molecular weight is 369 g/mol. The van der Waals surface area contributed by atoms with Gasteiger partial charge in [0.25, 0.3) is 0 Å². The second-order valence-corrected chi connectivity index (χ2v) is 7.30. The summed E-state index contributed by atoms with van der Waals surface area (Å²) >= 11 is 0. The lowest BCUT2D eigenvalue weighted by Gasteiger charge is -2.32. The zero-order valence-corrected chi connectivity index (χ0v) is 15.6. The molecule has 0 spiro atoms. The van der Waals surface area contributed by atoms with Crippen molar-refractivity contribution < 1.29 is 24.2 Å². The maximum Gasteiger partial charge on any atom is 0.346 e. The summed E-state index contributed by atoms with van der Waals surface area (Å²) in [6.45, 7) is 5.31. The maximum atomic E-state index is 12.9. The minimum atomic E-state index is -0.794. The predicted molar refractivity (Wildman–Crippen MR) is 99.4 cm³/mol. The molecule has 6 nitrogen and oxygen atoms in total. The Hall–Kier alpha value is -2.89. The van der Waals surface area contributed by atoms with Crippen LogP contribution in [0.2, 0.25) is 0 Å². The van der Waals surface area contributed by atoms with Gasteiger partial charge < -0.3 is 14.7 Å². The van der Waals surface area contributed by atoms with Gasteiger partial charge >= 0.3 is 5.97 Å². The molecule has 0 radical (unpaired) electrons. The van der Waals surface area contributed by atoms with Crippen LogP contribution in [0.15, 0.2) is 41.8 Å². The summed E-state index contributed by atoms with van der Waals surface area (Å²) in [5.74, 6) is -1.62. The third-order valence-electron chi connectivity index (χ3n) is 4.83. The number of amides is 1. The quantitative estimate of drug-likeness (QED) is 0.636. The van der Waals surface area contributed by atoms with Crippen molar-refractivity contribution in [1.29, 1.82) is 0 Å². The van der Waals surface area contributed by atoms with Crippen LogP contribution in [0.5, 0.6) is 0 Å². The van der Waals surface area contributed by atoms with E-state index in [0.29, 0.717) is 6.42 Å². The lowest BCUT2D eigenvalue weighted by Crippen LogP contribution is -2.32. The molecule has 142 valence electrons. The van der Waals surface area contributed by atoms with E-state index in [1.165, 1.54) is 11.8 Å². The van der Waals surface area contributed by atoms with Crippen molar-refractivity contribution in [2.24, 2.45) is 5.92 Å². The van der Waals surface area contributed by atoms with Gasteiger partial charge in [-0.2, -0.15) is 0 Å². The Kier molecular flexibility index (Phi) is 5.17. The summed E-state index contributed by atoms with van der Waals surface area (Å²) in [6.07, 6.45) is 3.02. The molecule has 2 heterocycles. The van der Waals surface area contributed by atoms with Gasteiger partial charge in [0.05, 0.1) is 6.04 Å². The standard InChI is InChI=1S/C21H23NO5/c1-12(2)10-18-20(25)19(21(26)27-18)17(24)11-16-15-7-5-4-6-14(15)8-9-22(16)13(3)23/h4-9,12,16,18,25H,10-11H2,1-3H3. The second-order valence-electron chi connectivity index (χ2n) is 7.30. The molecule has 1 aromatic carbocycles. The van der Waals surface area contributed by atoms with Crippen molar-refractivity contribution in [3.05, 3.63) is 52.9 Å². The maximum absolute atomic E-state index is 12.9. The minimum Gasteiger partial charge on any atom is -0.507 e. The molecule has 0 saturated carbocycles. The number of benzene rings is 1. The van der Waals surface area contributed by atoms with Crippen LogP contribution < -0.4 is 0 Å². The molecular formula is C21H23NO5. The zero-order chi connectivity index (χ0) is 19.7. The number of ketones is 1. The number of esters is 1. The number of Topliss-reactive ketones (excluding diaryl/α,β-unsaturated/α-hetero) is 1. The monoisotopic (exact) mass is 369 g/mol. The predicted octanol–water partition coefficient (Wildman–Crippen LogP) is 3.30. The topological polar surface area (TPSA) is 83.9 Å². The number of rotatable bonds is 5. The van der Waals surface area contributed by atoms with Gasteiger partial charge in [0, 0.05) is 19.5 Å². The molecule has 2 aliphatic rings. The van der Waals surface area contributed by atoms with Crippen LogP contribution in [-0.4, -0.2) is 33.8 Å². The molecule has 0 aliphatic carbocycles. The number of carbonyl (C=O) groups is 3. The van der Waals surface area contributed by atoms with Crippen LogP contribution in [-0.2, 0) is 19.1 Å². The lowest BCUT2D eigenvalue weighted by atomic mass is 9.90. The Morgan fingerprint density at radius 1 is 1.26 bits per heavy atom. The second kappa shape index (κ2) is 7.39. The number of fused-ring (bicyclic) bond motifs is 1. The Labute approximate surface area is 158 Å². The number of ether oxygens (including phenoxy) is 1. The molecule has 2 aliphatic heterocycles. The van der Waals surface area contributed by atoms with E-state index in [9.17, 15) is 19.5 Å². The summed E-state index contributed by atoms with van der Waals surface area (Å²) in [5, 5.41) is 10.4. The molecular weight excluding hydrogens is 346 g/mol. The summed E-state index contributed by atoms with van der Waals surface area (Å²) < 4.78 is 5.17. The van der Waals surface area contributed by atoms with E-state index in [0.717, 1.165) is 11.1 Å². The highest BCUT2D eigenvalue weighted by atomic mass is 16.6. The van der Waals surface area contributed by atoms with Crippen LogP contribution in [0.25, 0.3) is 6.08 Å². The largest absolute Gasteiger partial charge is 0.507 e. The fourth-order valence-electron chi connectivity index (χ4n) is 3.54. The summed E-state index contributed by atoms with van der Waals surface area (Å²) in [4.78, 5) is 38.5. The number of hydrogen-bond acceptors (Lipinski definition) is 5. The van der Waals surface area contributed by atoms with Crippen LogP contribution in [0, 0.1) is 5.92 Å². The van der Waals surface area contributed by atoms with Gasteiger partial charge in [-0.1, -0.05) is 38.1 Å². The van der Waals surface area contributed by atoms with Crippen LogP contribution in [0.1, 0.15) is 50.8 Å². The Morgan fingerprint density at radius 3 is 2.63 bits per heavy atom. The number of aliphatic hydroxyl groups is 1. The van der Waals surface area contributed by atoms with Crippen molar-refractivity contribution >= 4 is 23.7 Å². The number of carbonyl (C=O) groups excluding carboxylic acids is 3. The van der Waals surface area contributed by atoms with Gasteiger partial charge in [-0.25, -0.2) is 4.79 Å². The number of nitrogens with zero attached hydrogens (tertiary/aromatic N) is 1. The molecule has 2 unspecified atom stereocenters. The van der Waals surface area contributed by atoms with Crippen LogP contribution >= 0.6 is 0 Å². The SMILES string of the molecule is CC(=O)N1C=Cc2ccccc2C1CC(=O)C1=C(O)C(CC(C)C)OC1=O. The van der Waals surface area contributed by atoms with Crippen molar-refractivity contribution in [3.8, 4) is 0 Å². The van der Waals surface area contributed by atoms with E-state index in [2.05, 4.69) is 0 Å². The van der Waals surface area contributed by atoms with Crippen LogP contribution in [0.3, 0.4) is 0 Å². The normalized spacial score (nSPS) is 21.5. The first-order valence-electron chi connectivity index (χ1n) is 9.03. The van der Waals surface area contributed by atoms with Crippen molar-refractivity contribution in [1.82, 2.24) is 4.90 Å².